The van der Waals surface area contributed by atoms with Crippen LogP contribution in [0.1, 0.15) is 6.42 Å². The lowest BCUT2D eigenvalue weighted by molar-refractivity contribution is -0.110. The molecule has 1 N–H and O–H groups in total. The first kappa shape index (κ1) is 6.86. The highest BCUT2D eigenvalue weighted by molar-refractivity contribution is 5.48. The van der Waals surface area contributed by atoms with Gasteiger partial charge in [-0.2, -0.15) is 0 Å². The number of nitrogens with one attached hydrogen (secondary N) is 1. The third kappa shape index (κ3) is 0.671. The van der Waals surface area contributed by atoms with Crippen molar-refractivity contribution < 1.29 is 9.53 Å². The topological polar surface area (TPSA) is 41.6 Å². The Morgan fingerprint density at radius 2 is 2.42 bits per heavy atom. The normalized spacial score (nSPS) is 50.0. The van der Waals surface area contributed by atoms with E-state index in [0.717, 1.165) is 25.9 Å². The second-order valence-electron chi connectivity index (χ2n) is 3.80. The largest absolute Gasteiger partial charge is 0.370 e. The molecule has 4 heteroatoms. The maximum Gasteiger partial charge on any atom is 0.207 e. The summed E-state index contributed by atoms with van der Waals surface area (Å²) in [5, 5.41) is 2.86. The number of fused-ring (bicyclic) bond motifs is 1. The lowest BCUT2D eigenvalue weighted by atomic mass is 10.1. The van der Waals surface area contributed by atoms with Crippen molar-refractivity contribution in [3.63, 3.8) is 0 Å². The van der Waals surface area contributed by atoms with Gasteiger partial charge in [0.2, 0.25) is 6.41 Å². The van der Waals surface area contributed by atoms with Crippen LogP contribution >= 0.6 is 0 Å². The highest BCUT2D eigenvalue weighted by atomic mass is 16.5. The zero-order valence-corrected chi connectivity index (χ0v) is 6.77. The van der Waals surface area contributed by atoms with Crippen molar-refractivity contribution in [2.45, 2.75) is 30.7 Å². The zero-order valence-electron chi connectivity index (χ0n) is 6.77. The van der Waals surface area contributed by atoms with E-state index in [0.29, 0.717) is 12.1 Å². The monoisotopic (exact) mass is 168 g/mol. The van der Waals surface area contributed by atoms with Gasteiger partial charge in [-0.15, -0.1) is 0 Å². The fourth-order valence-corrected chi connectivity index (χ4v) is 2.87. The number of carbonyl (C=O) groups excluding carboxylic acids is 1. The van der Waals surface area contributed by atoms with Gasteiger partial charge in [0.15, 0.2) is 0 Å². The molecule has 0 radical (unpaired) electrons. The summed E-state index contributed by atoms with van der Waals surface area (Å²) in [5.74, 6) is 0. The molecule has 0 aliphatic carbocycles. The summed E-state index contributed by atoms with van der Waals surface area (Å²) in [5.41, 5.74) is 0. The molecule has 3 rings (SSSR count). The Hall–Kier alpha value is -0.610. The lowest BCUT2D eigenvalue weighted by Crippen LogP contribution is -2.41. The van der Waals surface area contributed by atoms with Gasteiger partial charge in [0.25, 0.3) is 0 Å². The molecule has 0 saturated carbocycles. The van der Waals surface area contributed by atoms with Crippen LogP contribution in [0.15, 0.2) is 0 Å². The van der Waals surface area contributed by atoms with Crippen molar-refractivity contribution in [1.29, 1.82) is 0 Å². The van der Waals surface area contributed by atoms with Crippen LogP contribution in [0.25, 0.3) is 0 Å². The second-order valence-corrected chi connectivity index (χ2v) is 3.80. The molecular weight excluding hydrogens is 156 g/mol. The van der Waals surface area contributed by atoms with Gasteiger partial charge in [-0.1, -0.05) is 0 Å². The Labute approximate surface area is 70.9 Å². The van der Waals surface area contributed by atoms with Crippen LogP contribution in [0.2, 0.25) is 0 Å². The van der Waals surface area contributed by atoms with E-state index < -0.39 is 0 Å². The fourth-order valence-electron chi connectivity index (χ4n) is 2.87. The van der Waals surface area contributed by atoms with Gasteiger partial charge in [-0.3, -0.25) is 9.69 Å². The van der Waals surface area contributed by atoms with Crippen molar-refractivity contribution >= 4 is 6.41 Å². The van der Waals surface area contributed by atoms with Crippen LogP contribution in [0.3, 0.4) is 0 Å². The molecule has 66 valence electrons. The number of ether oxygens (including phenoxy) is 1. The third-order valence-corrected chi connectivity index (χ3v) is 3.30. The van der Waals surface area contributed by atoms with Crippen LogP contribution < -0.4 is 5.32 Å². The number of hydrogen-bond acceptors (Lipinski definition) is 3. The molecule has 4 nitrogen and oxygen atoms in total. The number of rotatable bonds is 2. The SMILES string of the molecule is O=CNC1C2CN3CCC(O2)C13. The molecule has 0 aromatic rings. The Bertz CT molecular complexity index is 207. The van der Waals surface area contributed by atoms with Gasteiger partial charge in [-0.25, -0.2) is 0 Å². The van der Waals surface area contributed by atoms with Crippen LogP contribution in [-0.2, 0) is 9.53 Å². The molecule has 0 spiro atoms. The number of nitrogens with zero attached hydrogens (tertiary/aromatic N) is 1. The fraction of sp³-hybridized carbons (Fsp3) is 0.875. The van der Waals surface area contributed by atoms with Crippen molar-refractivity contribution in [3.05, 3.63) is 0 Å². The summed E-state index contributed by atoms with van der Waals surface area (Å²) in [4.78, 5) is 12.8. The van der Waals surface area contributed by atoms with Gasteiger partial charge in [0.1, 0.15) is 0 Å². The van der Waals surface area contributed by atoms with Crippen molar-refractivity contribution in [2.24, 2.45) is 0 Å². The summed E-state index contributed by atoms with van der Waals surface area (Å²) in [7, 11) is 0. The molecule has 3 aliphatic rings. The summed E-state index contributed by atoms with van der Waals surface area (Å²) in [6.45, 7) is 2.15. The summed E-state index contributed by atoms with van der Waals surface area (Å²) < 4.78 is 5.75. The Morgan fingerprint density at radius 3 is 3.17 bits per heavy atom. The molecule has 0 aromatic carbocycles. The average molecular weight is 168 g/mol. The lowest BCUT2D eigenvalue weighted by Gasteiger charge is -2.21. The van der Waals surface area contributed by atoms with Gasteiger partial charge in [0, 0.05) is 13.1 Å². The summed E-state index contributed by atoms with van der Waals surface area (Å²) in [6.07, 6.45) is 2.58. The molecule has 4 atom stereocenters. The van der Waals surface area contributed by atoms with Crippen LogP contribution in [-0.4, -0.2) is 48.7 Å². The van der Waals surface area contributed by atoms with Gasteiger partial charge >= 0.3 is 0 Å². The van der Waals surface area contributed by atoms with Gasteiger partial charge < -0.3 is 10.1 Å². The Kier molecular flexibility index (Phi) is 1.26. The molecule has 2 bridgehead atoms. The minimum Gasteiger partial charge on any atom is -0.370 e. The van der Waals surface area contributed by atoms with E-state index in [9.17, 15) is 4.79 Å². The van der Waals surface area contributed by atoms with E-state index in [-0.39, 0.29) is 12.1 Å². The molecule has 3 saturated heterocycles. The number of carbonyl (C=O) groups is 1. The molecule has 3 heterocycles. The molecule has 0 aromatic heterocycles. The maximum absolute atomic E-state index is 10.3. The number of hydrogen-bond donors (Lipinski definition) is 1. The molecule has 1 amide bonds. The minimum absolute atomic E-state index is 0.257. The predicted octanol–water partition coefficient (Wildman–Crippen LogP) is -1.04. The first-order chi connectivity index (χ1) is 5.90. The minimum atomic E-state index is 0.257. The molecule has 12 heavy (non-hydrogen) atoms. The van der Waals surface area contributed by atoms with Crippen molar-refractivity contribution in [1.82, 2.24) is 10.2 Å². The quantitative estimate of drug-likeness (QED) is 0.535. The van der Waals surface area contributed by atoms with E-state index in [2.05, 4.69) is 10.2 Å². The smallest absolute Gasteiger partial charge is 0.207 e. The Morgan fingerprint density at radius 1 is 1.50 bits per heavy atom. The van der Waals surface area contributed by atoms with Crippen molar-refractivity contribution in [3.8, 4) is 0 Å². The van der Waals surface area contributed by atoms with E-state index in [1.54, 1.807) is 0 Å². The summed E-state index contributed by atoms with van der Waals surface area (Å²) >= 11 is 0. The predicted molar refractivity (Wildman–Crippen MR) is 41.6 cm³/mol. The highest BCUT2D eigenvalue weighted by Gasteiger charge is 2.56. The second kappa shape index (κ2) is 2.20. The van der Waals surface area contributed by atoms with Crippen molar-refractivity contribution in [2.75, 3.05) is 13.1 Å². The van der Waals surface area contributed by atoms with Gasteiger partial charge in [-0.05, 0) is 6.42 Å². The standard InChI is InChI=1S/C8H12N2O2/c11-4-9-7-6-3-10-2-1-5(12-6)8(7)10/h4-8H,1-3H2,(H,9,11). The number of amides is 1. The van der Waals surface area contributed by atoms with Crippen LogP contribution in [0, 0.1) is 0 Å². The average Bonchev–Trinajstić information content (AvgIpc) is 2.61. The molecule has 4 unspecified atom stereocenters. The zero-order chi connectivity index (χ0) is 8.13. The first-order valence-corrected chi connectivity index (χ1v) is 4.49. The maximum atomic E-state index is 10.3. The molecular formula is C8H12N2O2. The van der Waals surface area contributed by atoms with E-state index >= 15 is 0 Å². The summed E-state index contributed by atoms with van der Waals surface area (Å²) in [6, 6.07) is 0.732. The highest BCUT2D eigenvalue weighted by Crippen LogP contribution is 2.39. The van der Waals surface area contributed by atoms with E-state index in [1.165, 1.54) is 0 Å². The van der Waals surface area contributed by atoms with Gasteiger partial charge in [0.05, 0.1) is 24.3 Å². The van der Waals surface area contributed by atoms with E-state index in [4.69, 9.17) is 4.74 Å². The number of morpholine rings is 1. The van der Waals surface area contributed by atoms with Crippen LogP contribution in [0.4, 0.5) is 0 Å². The van der Waals surface area contributed by atoms with Crippen LogP contribution in [0.5, 0.6) is 0 Å². The Balaban J connectivity index is 1.86. The molecule has 3 aliphatic heterocycles. The third-order valence-electron chi connectivity index (χ3n) is 3.30. The van der Waals surface area contributed by atoms with E-state index in [1.807, 2.05) is 0 Å². The molecule has 3 fully saturated rings. The first-order valence-electron chi connectivity index (χ1n) is 4.49.